The van der Waals surface area contributed by atoms with Gasteiger partial charge in [0, 0.05) is 13.1 Å². The zero-order chi connectivity index (χ0) is 14.3. The van der Waals surface area contributed by atoms with Gasteiger partial charge in [0.15, 0.2) is 0 Å². The predicted molar refractivity (Wildman–Crippen MR) is 77.1 cm³/mol. The lowest BCUT2D eigenvalue weighted by Crippen LogP contribution is -2.66. The van der Waals surface area contributed by atoms with Crippen molar-refractivity contribution in [2.75, 3.05) is 13.1 Å². The van der Waals surface area contributed by atoms with Crippen molar-refractivity contribution in [1.29, 1.82) is 0 Å². The number of hydrogen-bond acceptors (Lipinski definition) is 2. The molecule has 3 fully saturated rings. The molecule has 0 N–H and O–H groups in total. The van der Waals surface area contributed by atoms with E-state index in [2.05, 4.69) is 6.92 Å². The Bertz CT molecular complexity index is 411. The molecule has 0 bridgehead atoms. The van der Waals surface area contributed by atoms with E-state index in [-0.39, 0.29) is 23.9 Å². The van der Waals surface area contributed by atoms with Gasteiger partial charge in [-0.25, -0.2) is 0 Å². The van der Waals surface area contributed by atoms with Crippen molar-refractivity contribution in [3.8, 4) is 0 Å². The Kier molecular flexibility index (Phi) is 3.51. The van der Waals surface area contributed by atoms with Gasteiger partial charge in [0.25, 0.3) is 0 Å². The van der Waals surface area contributed by atoms with Crippen LogP contribution in [0.15, 0.2) is 0 Å². The minimum absolute atomic E-state index is 0.165. The van der Waals surface area contributed by atoms with Gasteiger partial charge in [0.05, 0.1) is 0 Å². The monoisotopic (exact) mass is 278 g/mol. The summed E-state index contributed by atoms with van der Waals surface area (Å²) >= 11 is 0. The van der Waals surface area contributed by atoms with Crippen molar-refractivity contribution in [3.05, 3.63) is 0 Å². The minimum Gasteiger partial charge on any atom is -0.329 e. The largest absolute Gasteiger partial charge is 0.329 e. The summed E-state index contributed by atoms with van der Waals surface area (Å²) in [4.78, 5) is 29.0. The van der Waals surface area contributed by atoms with Gasteiger partial charge < -0.3 is 9.80 Å². The number of fused-ring (bicyclic) bond motifs is 1. The topological polar surface area (TPSA) is 40.6 Å². The van der Waals surface area contributed by atoms with Crippen LogP contribution in [0.5, 0.6) is 0 Å². The molecule has 0 aromatic rings. The molecule has 2 saturated heterocycles. The molecule has 3 aliphatic rings. The number of amides is 2. The van der Waals surface area contributed by atoms with Crippen LogP contribution in [-0.2, 0) is 9.59 Å². The van der Waals surface area contributed by atoms with Crippen LogP contribution in [-0.4, -0.2) is 46.8 Å². The standard InChI is InChI=1S/C16H26N2O2/c1-3-16(8-6-9-16)11-18-12(2)14(19)17-10-5-4-7-13(17)15(18)20/h12-13H,3-11H2,1-2H3. The lowest BCUT2D eigenvalue weighted by atomic mass is 9.66. The van der Waals surface area contributed by atoms with Gasteiger partial charge in [0.2, 0.25) is 11.8 Å². The van der Waals surface area contributed by atoms with Crippen LogP contribution in [0.2, 0.25) is 0 Å². The lowest BCUT2D eigenvalue weighted by Gasteiger charge is -2.51. The lowest BCUT2D eigenvalue weighted by molar-refractivity contribution is -0.165. The summed E-state index contributed by atoms with van der Waals surface area (Å²) in [5, 5.41) is 0. The first-order valence-electron chi connectivity index (χ1n) is 8.19. The first-order chi connectivity index (χ1) is 9.58. The van der Waals surface area contributed by atoms with Gasteiger partial charge in [-0.3, -0.25) is 9.59 Å². The second-order valence-corrected chi connectivity index (χ2v) is 6.89. The highest BCUT2D eigenvalue weighted by atomic mass is 16.2. The van der Waals surface area contributed by atoms with E-state index in [4.69, 9.17) is 0 Å². The fourth-order valence-corrected chi connectivity index (χ4v) is 4.08. The normalized spacial score (nSPS) is 32.9. The summed E-state index contributed by atoms with van der Waals surface area (Å²) in [5.74, 6) is 0.372. The van der Waals surface area contributed by atoms with Gasteiger partial charge >= 0.3 is 0 Å². The van der Waals surface area contributed by atoms with Gasteiger partial charge in [-0.15, -0.1) is 0 Å². The summed E-state index contributed by atoms with van der Waals surface area (Å²) in [6, 6.07) is -0.428. The maximum Gasteiger partial charge on any atom is 0.246 e. The highest BCUT2D eigenvalue weighted by Crippen LogP contribution is 2.45. The first kappa shape index (κ1) is 13.9. The van der Waals surface area contributed by atoms with Crippen LogP contribution in [0.3, 0.4) is 0 Å². The van der Waals surface area contributed by atoms with Crippen LogP contribution < -0.4 is 0 Å². The molecule has 0 aromatic heterocycles. The Morgan fingerprint density at radius 1 is 1.15 bits per heavy atom. The number of piperidine rings is 1. The summed E-state index contributed by atoms with van der Waals surface area (Å²) in [5.41, 5.74) is 0.293. The average molecular weight is 278 g/mol. The molecule has 1 aliphatic carbocycles. The van der Waals surface area contributed by atoms with Crippen LogP contribution >= 0.6 is 0 Å². The molecule has 2 atom stereocenters. The molecule has 3 rings (SSSR count). The predicted octanol–water partition coefficient (Wildman–Crippen LogP) is 2.18. The number of carbonyl (C=O) groups is 2. The number of hydrogen-bond donors (Lipinski definition) is 0. The second-order valence-electron chi connectivity index (χ2n) is 6.89. The third-order valence-electron chi connectivity index (χ3n) is 5.85. The van der Waals surface area contributed by atoms with E-state index in [1.54, 1.807) is 0 Å². The molecule has 2 unspecified atom stereocenters. The fourth-order valence-electron chi connectivity index (χ4n) is 4.08. The van der Waals surface area contributed by atoms with E-state index < -0.39 is 0 Å². The molecule has 2 amide bonds. The van der Waals surface area contributed by atoms with E-state index in [9.17, 15) is 9.59 Å². The van der Waals surface area contributed by atoms with E-state index >= 15 is 0 Å². The second kappa shape index (κ2) is 5.05. The van der Waals surface area contributed by atoms with E-state index in [0.717, 1.165) is 38.8 Å². The smallest absolute Gasteiger partial charge is 0.246 e. The van der Waals surface area contributed by atoms with E-state index in [1.807, 2.05) is 16.7 Å². The van der Waals surface area contributed by atoms with Gasteiger partial charge in [-0.05, 0) is 50.9 Å². The Labute approximate surface area is 121 Å². The van der Waals surface area contributed by atoms with Crippen molar-refractivity contribution in [1.82, 2.24) is 9.80 Å². The highest BCUT2D eigenvalue weighted by molar-refractivity contribution is 5.97. The van der Waals surface area contributed by atoms with Crippen LogP contribution in [0.25, 0.3) is 0 Å². The molecule has 20 heavy (non-hydrogen) atoms. The van der Waals surface area contributed by atoms with Crippen molar-refractivity contribution in [2.24, 2.45) is 5.41 Å². The van der Waals surface area contributed by atoms with Crippen molar-refractivity contribution in [3.63, 3.8) is 0 Å². The van der Waals surface area contributed by atoms with Crippen LogP contribution in [0, 0.1) is 5.41 Å². The van der Waals surface area contributed by atoms with E-state index in [1.165, 1.54) is 19.3 Å². The molecule has 2 aliphatic heterocycles. The van der Waals surface area contributed by atoms with Crippen LogP contribution in [0.4, 0.5) is 0 Å². The van der Waals surface area contributed by atoms with Gasteiger partial charge in [0.1, 0.15) is 12.1 Å². The molecule has 4 nitrogen and oxygen atoms in total. The average Bonchev–Trinajstić information content (AvgIpc) is 2.44. The summed E-state index contributed by atoms with van der Waals surface area (Å²) < 4.78 is 0. The molecule has 0 radical (unpaired) electrons. The fraction of sp³-hybridized carbons (Fsp3) is 0.875. The third kappa shape index (κ3) is 2.04. The zero-order valence-electron chi connectivity index (χ0n) is 12.7. The quantitative estimate of drug-likeness (QED) is 0.794. The summed E-state index contributed by atoms with van der Waals surface area (Å²) in [6.45, 7) is 5.69. The Morgan fingerprint density at radius 3 is 2.50 bits per heavy atom. The maximum absolute atomic E-state index is 12.8. The molecule has 2 heterocycles. The number of nitrogens with zero attached hydrogens (tertiary/aromatic N) is 2. The molecule has 112 valence electrons. The summed E-state index contributed by atoms with van der Waals surface area (Å²) in [6.07, 6.45) is 7.78. The van der Waals surface area contributed by atoms with Crippen LogP contribution in [0.1, 0.15) is 58.8 Å². The minimum atomic E-state index is -0.263. The highest BCUT2D eigenvalue weighted by Gasteiger charge is 2.48. The Balaban J connectivity index is 1.79. The third-order valence-corrected chi connectivity index (χ3v) is 5.85. The molecule has 0 spiro atoms. The Morgan fingerprint density at radius 2 is 1.90 bits per heavy atom. The first-order valence-corrected chi connectivity index (χ1v) is 8.19. The summed E-state index contributed by atoms with van der Waals surface area (Å²) in [7, 11) is 0. The Hall–Kier alpha value is -1.06. The maximum atomic E-state index is 12.8. The van der Waals surface area contributed by atoms with Crippen molar-refractivity contribution < 1.29 is 9.59 Å². The van der Waals surface area contributed by atoms with Crippen molar-refractivity contribution >= 4 is 11.8 Å². The zero-order valence-corrected chi connectivity index (χ0v) is 12.7. The number of piperazine rings is 1. The molecule has 1 saturated carbocycles. The van der Waals surface area contributed by atoms with E-state index in [0.29, 0.717) is 5.41 Å². The number of rotatable bonds is 3. The SMILES string of the molecule is CCC1(CN2C(=O)C3CCCCN3C(=O)C2C)CCC1. The molecule has 4 heteroatoms. The van der Waals surface area contributed by atoms with Gasteiger partial charge in [-0.1, -0.05) is 13.3 Å². The van der Waals surface area contributed by atoms with Crippen molar-refractivity contribution in [2.45, 2.75) is 70.9 Å². The molecular formula is C16H26N2O2. The van der Waals surface area contributed by atoms with Gasteiger partial charge in [-0.2, -0.15) is 0 Å². The molecular weight excluding hydrogens is 252 g/mol. The number of carbonyl (C=O) groups excluding carboxylic acids is 2. The molecule has 0 aromatic carbocycles.